The molecule has 0 aliphatic carbocycles. The Kier molecular flexibility index (Phi) is 8.05. The Morgan fingerprint density at radius 1 is 0.971 bits per heavy atom. The average Bonchev–Trinajstić information content (AvgIpc) is 2.86. The zero-order valence-corrected chi connectivity index (χ0v) is 19.4. The topological polar surface area (TPSA) is 105 Å². The first kappa shape index (κ1) is 24.5. The zero-order valence-electron chi connectivity index (χ0n) is 18.6. The van der Waals surface area contributed by atoms with Gasteiger partial charge in [0.15, 0.2) is 0 Å². The SMILES string of the molecule is C=CCNC(=O)c1ccccc1NC(=O)CN(c1ccccc1OC)S(=O)(=O)c1ccccc1. The molecule has 2 amide bonds. The molecule has 0 aliphatic rings. The van der Waals surface area contributed by atoms with E-state index in [-0.39, 0.29) is 28.4 Å². The maximum atomic E-state index is 13.5. The van der Waals surface area contributed by atoms with E-state index in [1.54, 1.807) is 72.8 Å². The summed E-state index contributed by atoms with van der Waals surface area (Å²) in [4.78, 5) is 25.5. The van der Waals surface area contributed by atoms with Crippen molar-refractivity contribution < 1.29 is 22.7 Å². The van der Waals surface area contributed by atoms with Crippen LogP contribution in [0.1, 0.15) is 10.4 Å². The maximum Gasteiger partial charge on any atom is 0.264 e. The molecule has 2 N–H and O–H groups in total. The van der Waals surface area contributed by atoms with E-state index in [4.69, 9.17) is 4.74 Å². The van der Waals surface area contributed by atoms with Gasteiger partial charge >= 0.3 is 0 Å². The smallest absolute Gasteiger partial charge is 0.264 e. The number of rotatable bonds is 10. The lowest BCUT2D eigenvalue weighted by molar-refractivity contribution is -0.114. The van der Waals surface area contributed by atoms with Crippen LogP contribution in [0.5, 0.6) is 5.75 Å². The molecule has 0 fully saturated rings. The Morgan fingerprint density at radius 2 is 1.62 bits per heavy atom. The molecule has 0 atom stereocenters. The molecule has 0 aromatic heterocycles. The number of ether oxygens (including phenoxy) is 1. The number of anilines is 2. The molecule has 3 aromatic carbocycles. The number of carbonyl (C=O) groups is 2. The monoisotopic (exact) mass is 479 g/mol. The number of amides is 2. The van der Waals surface area contributed by atoms with E-state index in [9.17, 15) is 18.0 Å². The van der Waals surface area contributed by atoms with Crippen molar-refractivity contribution >= 4 is 33.2 Å². The van der Waals surface area contributed by atoms with Crippen LogP contribution in [0, 0.1) is 0 Å². The molecule has 0 saturated heterocycles. The van der Waals surface area contributed by atoms with Gasteiger partial charge in [-0.2, -0.15) is 0 Å². The second-order valence-corrected chi connectivity index (χ2v) is 8.95. The molecule has 0 heterocycles. The second-order valence-electron chi connectivity index (χ2n) is 7.09. The number of sulfonamides is 1. The number of methoxy groups -OCH3 is 1. The van der Waals surface area contributed by atoms with Crippen molar-refractivity contribution in [2.24, 2.45) is 0 Å². The number of benzene rings is 3. The standard InChI is InChI=1S/C25H25N3O5S/c1-3-17-26-25(30)20-13-7-8-14-21(20)27-24(29)18-28(22-15-9-10-16-23(22)33-2)34(31,32)19-11-5-4-6-12-19/h3-16H,1,17-18H2,2H3,(H,26,30)(H,27,29). The van der Waals surface area contributed by atoms with Crippen molar-refractivity contribution in [1.29, 1.82) is 0 Å². The van der Waals surface area contributed by atoms with Crippen LogP contribution in [0.2, 0.25) is 0 Å². The molecule has 8 nitrogen and oxygen atoms in total. The van der Waals surface area contributed by atoms with E-state index in [1.165, 1.54) is 19.2 Å². The van der Waals surface area contributed by atoms with Crippen LogP contribution in [-0.2, 0) is 14.8 Å². The van der Waals surface area contributed by atoms with Gasteiger partial charge in [0, 0.05) is 6.54 Å². The van der Waals surface area contributed by atoms with Crippen LogP contribution in [0.3, 0.4) is 0 Å². The van der Waals surface area contributed by atoms with Crippen molar-refractivity contribution in [3.8, 4) is 5.75 Å². The molecule has 176 valence electrons. The number of para-hydroxylation sites is 3. The third-order valence-corrected chi connectivity index (χ3v) is 6.60. The van der Waals surface area contributed by atoms with Crippen LogP contribution in [0.4, 0.5) is 11.4 Å². The number of hydrogen-bond acceptors (Lipinski definition) is 5. The molecule has 0 radical (unpaired) electrons. The van der Waals surface area contributed by atoms with Gasteiger partial charge in [-0.1, -0.05) is 48.5 Å². The van der Waals surface area contributed by atoms with Crippen molar-refractivity contribution in [1.82, 2.24) is 5.32 Å². The highest BCUT2D eigenvalue weighted by Crippen LogP contribution is 2.32. The van der Waals surface area contributed by atoms with Gasteiger partial charge < -0.3 is 15.4 Å². The zero-order chi connectivity index (χ0) is 24.6. The number of nitrogens with one attached hydrogen (secondary N) is 2. The number of nitrogens with zero attached hydrogens (tertiary/aromatic N) is 1. The number of hydrogen-bond donors (Lipinski definition) is 2. The molecule has 3 rings (SSSR count). The first-order valence-electron chi connectivity index (χ1n) is 10.4. The molecule has 3 aromatic rings. The van der Waals surface area contributed by atoms with Gasteiger partial charge in [-0.05, 0) is 36.4 Å². The fourth-order valence-corrected chi connectivity index (χ4v) is 4.68. The summed E-state index contributed by atoms with van der Waals surface area (Å²) >= 11 is 0. The highest BCUT2D eigenvalue weighted by Gasteiger charge is 2.29. The highest BCUT2D eigenvalue weighted by atomic mass is 32.2. The van der Waals surface area contributed by atoms with E-state index < -0.39 is 28.4 Å². The fourth-order valence-electron chi connectivity index (χ4n) is 3.23. The van der Waals surface area contributed by atoms with Crippen LogP contribution in [0.15, 0.2) is 96.4 Å². The van der Waals surface area contributed by atoms with Crippen LogP contribution >= 0.6 is 0 Å². The molecule has 9 heteroatoms. The third kappa shape index (κ3) is 5.62. The van der Waals surface area contributed by atoms with Gasteiger partial charge in [-0.3, -0.25) is 13.9 Å². The van der Waals surface area contributed by atoms with Crippen LogP contribution < -0.4 is 19.7 Å². The summed E-state index contributed by atoms with van der Waals surface area (Å²) in [5.41, 5.74) is 0.708. The minimum absolute atomic E-state index is 0.0258. The van der Waals surface area contributed by atoms with E-state index in [0.29, 0.717) is 5.75 Å². The summed E-state index contributed by atoms with van der Waals surface area (Å²) in [5.74, 6) is -0.734. The Labute approximate surface area is 198 Å². The molecular weight excluding hydrogens is 454 g/mol. The summed E-state index contributed by atoms with van der Waals surface area (Å²) < 4.78 is 33.3. The highest BCUT2D eigenvalue weighted by molar-refractivity contribution is 7.92. The van der Waals surface area contributed by atoms with E-state index in [0.717, 1.165) is 4.31 Å². The van der Waals surface area contributed by atoms with Gasteiger partial charge in [0.1, 0.15) is 12.3 Å². The molecule has 34 heavy (non-hydrogen) atoms. The molecule has 0 saturated carbocycles. The van der Waals surface area contributed by atoms with E-state index in [2.05, 4.69) is 17.2 Å². The minimum Gasteiger partial charge on any atom is -0.495 e. The van der Waals surface area contributed by atoms with Crippen molar-refractivity contribution in [2.45, 2.75) is 4.90 Å². The quantitative estimate of drug-likeness (QED) is 0.434. The van der Waals surface area contributed by atoms with Gasteiger partial charge in [0.25, 0.3) is 15.9 Å². The van der Waals surface area contributed by atoms with E-state index in [1.807, 2.05) is 0 Å². The maximum absolute atomic E-state index is 13.5. The lowest BCUT2D eigenvalue weighted by atomic mass is 10.1. The third-order valence-electron chi connectivity index (χ3n) is 4.83. The Balaban J connectivity index is 1.95. The van der Waals surface area contributed by atoms with Crippen LogP contribution in [-0.4, -0.2) is 40.4 Å². The minimum atomic E-state index is -4.11. The summed E-state index contributed by atoms with van der Waals surface area (Å²) in [5, 5.41) is 5.32. The van der Waals surface area contributed by atoms with Gasteiger partial charge in [-0.15, -0.1) is 6.58 Å². The summed E-state index contributed by atoms with van der Waals surface area (Å²) in [6.07, 6.45) is 1.54. The first-order chi connectivity index (χ1) is 16.4. The normalized spacial score (nSPS) is 10.7. The summed E-state index contributed by atoms with van der Waals surface area (Å²) in [6, 6.07) is 20.8. The molecular formula is C25H25N3O5S. The lowest BCUT2D eigenvalue weighted by Crippen LogP contribution is -2.38. The molecule has 0 spiro atoms. The molecule has 0 unspecified atom stereocenters. The van der Waals surface area contributed by atoms with Crippen LogP contribution in [0.25, 0.3) is 0 Å². The van der Waals surface area contributed by atoms with Gasteiger partial charge in [0.05, 0.1) is 28.9 Å². The Bertz CT molecular complexity index is 1280. The van der Waals surface area contributed by atoms with Crippen molar-refractivity contribution in [3.05, 3.63) is 97.1 Å². The Hall–Kier alpha value is -4.11. The predicted molar refractivity (Wildman–Crippen MR) is 132 cm³/mol. The van der Waals surface area contributed by atoms with E-state index >= 15 is 0 Å². The molecule has 0 bridgehead atoms. The average molecular weight is 480 g/mol. The molecule has 0 aliphatic heterocycles. The first-order valence-corrected chi connectivity index (χ1v) is 11.8. The fraction of sp³-hybridized carbons (Fsp3) is 0.120. The van der Waals surface area contributed by atoms with Gasteiger partial charge in [0.2, 0.25) is 5.91 Å². The summed E-state index contributed by atoms with van der Waals surface area (Å²) in [6.45, 7) is 3.28. The van der Waals surface area contributed by atoms with Gasteiger partial charge in [-0.25, -0.2) is 8.42 Å². The second kappa shape index (κ2) is 11.2. The van der Waals surface area contributed by atoms with Crippen molar-refractivity contribution in [3.63, 3.8) is 0 Å². The predicted octanol–water partition coefficient (Wildman–Crippen LogP) is 3.45. The summed E-state index contributed by atoms with van der Waals surface area (Å²) in [7, 11) is -2.69. The lowest BCUT2D eigenvalue weighted by Gasteiger charge is -2.25. The Morgan fingerprint density at radius 3 is 2.32 bits per heavy atom. The number of carbonyl (C=O) groups excluding carboxylic acids is 2. The largest absolute Gasteiger partial charge is 0.495 e. The van der Waals surface area contributed by atoms with Crippen molar-refractivity contribution in [2.75, 3.05) is 29.8 Å².